The molecule has 10 heteroatoms. The van der Waals surface area contributed by atoms with E-state index in [0.29, 0.717) is 30.4 Å². The van der Waals surface area contributed by atoms with Gasteiger partial charge in [-0.3, -0.25) is 19.5 Å². The molecule has 10 nitrogen and oxygen atoms in total. The van der Waals surface area contributed by atoms with Crippen molar-refractivity contribution in [3.05, 3.63) is 53.3 Å². The maximum Gasteiger partial charge on any atom is 0.441 e. The standard InChI is InChI=1S/C22H27N5O5/c1-15-7-8-17(13-23-15)24-21(29)25-19-6-4-5-16-14-26(11-9-18(16)19)12-10-20(28)27(32-3)22(30)31-2/h4-8,13H,9-12,14H2,1-3H3,(H2,24,25,29). The SMILES string of the molecule is COC(=O)N(OC)C(=O)CCN1CCc2c(cccc2NC(=O)Nc2ccc(C)nc2)C1. The third-order valence-corrected chi connectivity index (χ3v) is 5.15. The average molecular weight is 441 g/mol. The quantitative estimate of drug-likeness (QED) is 0.663. The molecule has 0 spiro atoms. The van der Waals surface area contributed by atoms with Gasteiger partial charge >= 0.3 is 12.1 Å². The van der Waals surface area contributed by atoms with Crippen LogP contribution in [0.4, 0.5) is 21.0 Å². The van der Waals surface area contributed by atoms with Crippen LogP contribution in [0.2, 0.25) is 0 Å². The molecular weight excluding hydrogens is 414 g/mol. The van der Waals surface area contributed by atoms with Crippen molar-refractivity contribution in [2.45, 2.75) is 26.3 Å². The molecule has 0 atom stereocenters. The number of aryl methyl sites for hydroxylation is 1. The van der Waals surface area contributed by atoms with Gasteiger partial charge in [-0.05, 0) is 42.7 Å². The zero-order chi connectivity index (χ0) is 23.1. The number of methoxy groups -OCH3 is 1. The molecule has 3 rings (SSSR count). The van der Waals surface area contributed by atoms with Crippen LogP contribution in [0.15, 0.2) is 36.5 Å². The number of carbonyl (C=O) groups excluding carboxylic acids is 3. The van der Waals surface area contributed by atoms with E-state index < -0.39 is 12.0 Å². The normalized spacial score (nSPS) is 13.1. The molecule has 0 saturated heterocycles. The van der Waals surface area contributed by atoms with Crippen molar-refractivity contribution in [1.29, 1.82) is 0 Å². The number of ether oxygens (including phenoxy) is 1. The lowest BCUT2D eigenvalue weighted by Crippen LogP contribution is -2.39. The molecule has 0 bridgehead atoms. The summed E-state index contributed by atoms with van der Waals surface area (Å²) in [7, 11) is 2.43. The summed E-state index contributed by atoms with van der Waals surface area (Å²) in [6, 6.07) is 9.06. The number of urea groups is 1. The molecule has 0 fully saturated rings. The summed E-state index contributed by atoms with van der Waals surface area (Å²) in [4.78, 5) is 47.3. The number of anilines is 2. The van der Waals surface area contributed by atoms with Gasteiger partial charge in [0.15, 0.2) is 0 Å². The van der Waals surface area contributed by atoms with Gasteiger partial charge in [0.05, 0.1) is 26.1 Å². The highest BCUT2D eigenvalue weighted by Crippen LogP contribution is 2.26. The van der Waals surface area contributed by atoms with E-state index in [4.69, 9.17) is 4.84 Å². The van der Waals surface area contributed by atoms with Crippen molar-refractivity contribution in [3.8, 4) is 0 Å². The number of hydrogen-bond acceptors (Lipinski definition) is 7. The highest BCUT2D eigenvalue weighted by atomic mass is 16.7. The Bertz CT molecular complexity index is 979. The van der Waals surface area contributed by atoms with Crippen molar-refractivity contribution in [2.75, 3.05) is 37.9 Å². The Kier molecular flexibility index (Phi) is 7.74. The monoisotopic (exact) mass is 441 g/mol. The molecule has 0 aliphatic carbocycles. The van der Waals surface area contributed by atoms with Crippen LogP contribution in [0.3, 0.4) is 0 Å². The maximum atomic E-state index is 12.4. The van der Waals surface area contributed by atoms with Crippen molar-refractivity contribution in [3.63, 3.8) is 0 Å². The highest BCUT2D eigenvalue weighted by molar-refractivity contribution is 6.00. The van der Waals surface area contributed by atoms with Crippen LogP contribution >= 0.6 is 0 Å². The zero-order valence-corrected chi connectivity index (χ0v) is 18.4. The predicted molar refractivity (Wildman–Crippen MR) is 118 cm³/mol. The van der Waals surface area contributed by atoms with Gasteiger partial charge in [0.1, 0.15) is 0 Å². The van der Waals surface area contributed by atoms with Gasteiger partial charge in [0, 0.05) is 37.4 Å². The first kappa shape index (κ1) is 23.2. The Labute approximate surface area is 186 Å². The molecule has 1 aromatic carbocycles. The highest BCUT2D eigenvalue weighted by Gasteiger charge is 2.25. The van der Waals surface area contributed by atoms with Crippen LogP contribution in [0.1, 0.15) is 23.2 Å². The first-order valence-electron chi connectivity index (χ1n) is 10.2. The number of rotatable bonds is 6. The second-order valence-corrected chi connectivity index (χ2v) is 7.33. The van der Waals surface area contributed by atoms with Gasteiger partial charge in [0.2, 0.25) is 0 Å². The maximum absolute atomic E-state index is 12.4. The molecule has 1 aliphatic heterocycles. The molecule has 2 aromatic rings. The lowest BCUT2D eigenvalue weighted by molar-refractivity contribution is -0.165. The Morgan fingerprint density at radius 2 is 1.97 bits per heavy atom. The molecule has 4 amide bonds. The second-order valence-electron chi connectivity index (χ2n) is 7.33. The summed E-state index contributed by atoms with van der Waals surface area (Å²) in [6.07, 6.45) is 1.59. The lowest BCUT2D eigenvalue weighted by Gasteiger charge is -2.30. The van der Waals surface area contributed by atoms with Crippen molar-refractivity contribution < 1.29 is 24.0 Å². The van der Waals surface area contributed by atoms with Crippen LogP contribution in [0.25, 0.3) is 0 Å². The van der Waals surface area contributed by atoms with Gasteiger partial charge in [0.25, 0.3) is 5.91 Å². The minimum absolute atomic E-state index is 0.114. The fourth-order valence-corrected chi connectivity index (χ4v) is 3.52. The number of benzene rings is 1. The summed E-state index contributed by atoms with van der Waals surface area (Å²) >= 11 is 0. The third kappa shape index (κ3) is 5.80. The molecule has 0 saturated carbocycles. The molecule has 2 N–H and O–H groups in total. The summed E-state index contributed by atoms with van der Waals surface area (Å²) in [5.41, 5.74) is 4.40. The number of amides is 4. The first-order valence-corrected chi connectivity index (χ1v) is 10.2. The number of aromatic nitrogens is 1. The number of fused-ring (bicyclic) bond motifs is 1. The van der Waals surface area contributed by atoms with Gasteiger partial charge in [-0.1, -0.05) is 12.1 Å². The number of hydrogen-bond donors (Lipinski definition) is 2. The van der Waals surface area contributed by atoms with E-state index >= 15 is 0 Å². The largest absolute Gasteiger partial charge is 0.451 e. The van der Waals surface area contributed by atoms with Crippen LogP contribution in [-0.4, -0.2) is 60.3 Å². The van der Waals surface area contributed by atoms with Gasteiger partial charge in [-0.25, -0.2) is 9.59 Å². The molecule has 1 aromatic heterocycles. The summed E-state index contributed by atoms with van der Waals surface area (Å²) in [5, 5.41) is 6.31. The Morgan fingerprint density at radius 1 is 1.16 bits per heavy atom. The predicted octanol–water partition coefficient (Wildman–Crippen LogP) is 2.94. The topological polar surface area (TPSA) is 113 Å². The van der Waals surface area contributed by atoms with Crippen molar-refractivity contribution in [1.82, 2.24) is 14.9 Å². The summed E-state index contributed by atoms with van der Waals surface area (Å²) in [5.74, 6) is -0.470. The molecule has 0 unspecified atom stereocenters. The number of pyridine rings is 1. The number of nitrogens with one attached hydrogen (secondary N) is 2. The number of hydroxylamine groups is 2. The minimum atomic E-state index is -0.850. The van der Waals surface area contributed by atoms with Gasteiger partial charge in [-0.2, -0.15) is 0 Å². The fraction of sp³-hybridized carbons (Fsp3) is 0.364. The van der Waals surface area contributed by atoms with Crippen molar-refractivity contribution >= 4 is 29.4 Å². The van der Waals surface area contributed by atoms with Gasteiger partial charge in [-0.15, -0.1) is 5.06 Å². The van der Waals surface area contributed by atoms with Gasteiger partial charge < -0.3 is 15.4 Å². The molecule has 32 heavy (non-hydrogen) atoms. The van der Waals surface area contributed by atoms with E-state index in [2.05, 4.69) is 25.3 Å². The van der Waals surface area contributed by atoms with E-state index in [-0.39, 0.29) is 12.5 Å². The van der Waals surface area contributed by atoms with Crippen LogP contribution in [0, 0.1) is 6.92 Å². The summed E-state index contributed by atoms with van der Waals surface area (Å²) in [6.45, 7) is 3.69. The van der Waals surface area contributed by atoms with E-state index in [9.17, 15) is 14.4 Å². The first-order chi connectivity index (χ1) is 15.4. The Hall–Kier alpha value is -3.50. The van der Waals surface area contributed by atoms with Crippen LogP contribution in [0.5, 0.6) is 0 Å². The number of carbonyl (C=O) groups is 3. The second kappa shape index (κ2) is 10.7. The van der Waals surface area contributed by atoms with E-state index in [0.717, 1.165) is 28.9 Å². The molecule has 0 radical (unpaired) electrons. The average Bonchev–Trinajstić information content (AvgIpc) is 2.79. The Balaban J connectivity index is 1.58. The number of imide groups is 1. The zero-order valence-electron chi connectivity index (χ0n) is 18.4. The smallest absolute Gasteiger partial charge is 0.441 e. The van der Waals surface area contributed by atoms with Crippen LogP contribution < -0.4 is 10.6 Å². The molecule has 170 valence electrons. The third-order valence-electron chi connectivity index (χ3n) is 5.15. The molecular formula is C22H27N5O5. The Morgan fingerprint density at radius 3 is 2.66 bits per heavy atom. The van der Waals surface area contributed by atoms with Crippen LogP contribution in [-0.2, 0) is 27.3 Å². The van der Waals surface area contributed by atoms with Crippen molar-refractivity contribution in [2.24, 2.45) is 0 Å². The number of nitrogens with zero attached hydrogens (tertiary/aromatic N) is 3. The molecule has 2 heterocycles. The van der Waals surface area contributed by atoms with E-state index in [1.165, 1.54) is 14.2 Å². The fourth-order valence-electron chi connectivity index (χ4n) is 3.52. The van der Waals surface area contributed by atoms with E-state index in [1.807, 2.05) is 31.2 Å². The van der Waals surface area contributed by atoms with E-state index in [1.54, 1.807) is 12.3 Å². The molecule has 1 aliphatic rings. The lowest BCUT2D eigenvalue weighted by atomic mass is 9.97. The minimum Gasteiger partial charge on any atom is -0.451 e. The summed E-state index contributed by atoms with van der Waals surface area (Å²) < 4.78 is 4.53.